The number of hydrogen-bond donors (Lipinski definition) is 0. The maximum atomic E-state index is 12.1. The van der Waals surface area contributed by atoms with Gasteiger partial charge in [0.15, 0.2) is 0 Å². The van der Waals surface area contributed by atoms with Gasteiger partial charge in [0.1, 0.15) is 6.04 Å². The van der Waals surface area contributed by atoms with E-state index in [0.29, 0.717) is 6.04 Å². The minimum Gasteiger partial charge on any atom is -0.318 e. The number of benzene rings is 1. The van der Waals surface area contributed by atoms with E-state index in [9.17, 15) is 4.79 Å². The number of aliphatic imine (C=N–C) groups is 1. The molecule has 0 spiro atoms. The van der Waals surface area contributed by atoms with Crippen LogP contribution in [-0.4, -0.2) is 35.8 Å². The van der Waals surface area contributed by atoms with Crippen molar-refractivity contribution in [2.45, 2.75) is 31.5 Å². The highest BCUT2D eigenvalue weighted by Gasteiger charge is 2.45. The van der Waals surface area contributed by atoms with Gasteiger partial charge in [0.2, 0.25) is 0 Å². The maximum Gasteiger partial charge on any atom is 0.271 e. The highest BCUT2D eigenvalue weighted by Crippen LogP contribution is 2.39. The number of hydrogen-bond acceptors (Lipinski definition) is 3. The van der Waals surface area contributed by atoms with Crippen molar-refractivity contribution in [3.63, 3.8) is 0 Å². The topological polar surface area (TPSA) is 35.9 Å². The van der Waals surface area contributed by atoms with Crippen molar-refractivity contribution in [1.29, 1.82) is 0 Å². The number of anilines is 1. The molecule has 3 aliphatic heterocycles. The van der Waals surface area contributed by atoms with Gasteiger partial charge >= 0.3 is 0 Å². The van der Waals surface area contributed by atoms with E-state index in [0.717, 1.165) is 29.7 Å². The summed E-state index contributed by atoms with van der Waals surface area (Å²) >= 11 is 3.64. The number of carbonyl (C=O) groups is 1. The summed E-state index contributed by atoms with van der Waals surface area (Å²) in [7, 11) is 0. The van der Waals surface area contributed by atoms with Crippen LogP contribution in [0.15, 0.2) is 27.7 Å². The second-order valence-corrected chi connectivity index (χ2v) is 6.21. The first kappa shape index (κ1) is 11.6. The molecule has 1 aromatic rings. The van der Waals surface area contributed by atoms with Crippen LogP contribution in [-0.2, 0) is 11.3 Å². The summed E-state index contributed by atoms with van der Waals surface area (Å²) in [5, 5.41) is 0. The normalized spacial score (nSPS) is 29.1. The van der Waals surface area contributed by atoms with Crippen LogP contribution in [0, 0.1) is 0 Å². The van der Waals surface area contributed by atoms with Crippen molar-refractivity contribution in [2.24, 2.45) is 4.99 Å². The fourth-order valence-corrected chi connectivity index (χ4v) is 3.98. The van der Waals surface area contributed by atoms with Gasteiger partial charge in [-0.2, -0.15) is 0 Å². The molecule has 0 radical (unpaired) electrons. The number of rotatable bonds is 0. The van der Waals surface area contributed by atoms with Crippen molar-refractivity contribution in [1.82, 2.24) is 4.90 Å². The van der Waals surface area contributed by atoms with Gasteiger partial charge in [-0.15, -0.1) is 0 Å². The Morgan fingerprint density at radius 3 is 3.16 bits per heavy atom. The molecule has 1 fully saturated rings. The van der Waals surface area contributed by atoms with E-state index in [-0.39, 0.29) is 11.9 Å². The quantitative estimate of drug-likeness (QED) is 0.735. The first-order valence-electron chi connectivity index (χ1n) is 6.63. The Morgan fingerprint density at radius 1 is 1.37 bits per heavy atom. The highest BCUT2D eigenvalue weighted by molar-refractivity contribution is 9.10. The molecule has 1 unspecified atom stereocenters. The standard InChI is InChI=1S/C14H14BrN3O/c15-10-3-1-4-11-9(10)7-17-6-2-5-12(17)13-14(19)16-8-18(11)13/h1,3-4,8,12-13H,2,5-7H2/t12-,13?/m0/s1. The zero-order valence-corrected chi connectivity index (χ0v) is 12.0. The lowest BCUT2D eigenvalue weighted by atomic mass is 10.0. The number of fused-ring (bicyclic) bond motifs is 5. The lowest BCUT2D eigenvalue weighted by Gasteiger charge is -2.28. The zero-order chi connectivity index (χ0) is 13.0. The third-order valence-electron chi connectivity index (χ3n) is 4.37. The predicted molar refractivity (Wildman–Crippen MR) is 77.3 cm³/mol. The fourth-order valence-electron chi connectivity index (χ4n) is 3.50. The van der Waals surface area contributed by atoms with Crippen LogP contribution in [0.3, 0.4) is 0 Å². The monoisotopic (exact) mass is 319 g/mol. The Kier molecular flexibility index (Phi) is 2.53. The Hall–Kier alpha value is -1.20. The fraction of sp³-hybridized carbons (Fsp3) is 0.429. The molecule has 2 atom stereocenters. The molecule has 0 saturated carbocycles. The molecule has 0 aliphatic carbocycles. The van der Waals surface area contributed by atoms with E-state index in [4.69, 9.17) is 0 Å². The minimum atomic E-state index is -0.127. The van der Waals surface area contributed by atoms with Crippen LogP contribution in [0.1, 0.15) is 18.4 Å². The van der Waals surface area contributed by atoms with Crippen molar-refractivity contribution in [3.8, 4) is 0 Å². The van der Waals surface area contributed by atoms with Crippen LogP contribution in [0.2, 0.25) is 0 Å². The van der Waals surface area contributed by atoms with Gasteiger partial charge in [0.25, 0.3) is 5.91 Å². The lowest BCUT2D eigenvalue weighted by Crippen LogP contribution is -2.47. The molecule has 98 valence electrons. The summed E-state index contributed by atoms with van der Waals surface area (Å²) in [5.41, 5.74) is 2.38. The Labute approximate surface area is 120 Å². The smallest absolute Gasteiger partial charge is 0.271 e. The maximum absolute atomic E-state index is 12.1. The summed E-state index contributed by atoms with van der Waals surface area (Å²) in [6.45, 7) is 1.98. The molecule has 0 aromatic heterocycles. The molecule has 4 rings (SSSR count). The average Bonchev–Trinajstić information content (AvgIpc) is 2.95. The third kappa shape index (κ3) is 1.61. The molecule has 3 aliphatic rings. The molecule has 5 heteroatoms. The minimum absolute atomic E-state index is 0.00438. The lowest BCUT2D eigenvalue weighted by molar-refractivity contribution is -0.119. The number of amides is 1. The van der Waals surface area contributed by atoms with Crippen molar-refractivity contribution in [2.75, 3.05) is 11.4 Å². The molecular weight excluding hydrogens is 306 g/mol. The molecule has 1 amide bonds. The van der Waals surface area contributed by atoms with Crippen molar-refractivity contribution < 1.29 is 4.79 Å². The van der Waals surface area contributed by atoms with Gasteiger partial charge in [-0.25, -0.2) is 4.99 Å². The van der Waals surface area contributed by atoms with Crippen LogP contribution in [0.25, 0.3) is 0 Å². The number of nitrogens with zero attached hydrogens (tertiary/aromatic N) is 3. The second-order valence-electron chi connectivity index (χ2n) is 5.35. The molecule has 1 saturated heterocycles. The summed E-state index contributed by atoms with van der Waals surface area (Å²) in [5.74, 6) is 0.00438. The summed E-state index contributed by atoms with van der Waals surface area (Å²) in [4.78, 5) is 20.7. The van der Waals surface area contributed by atoms with Crippen molar-refractivity contribution >= 4 is 33.9 Å². The van der Waals surface area contributed by atoms with Crippen LogP contribution in [0.5, 0.6) is 0 Å². The molecule has 3 heterocycles. The summed E-state index contributed by atoms with van der Waals surface area (Å²) in [6, 6.07) is 6.35. The first-order chi connectivity index (χ1) is 9.25. The largest absolute Gasteiger partial charge is 0.318 e. The number of halogens is 1. The Bertz CT molecular complexity index is 586. The number of carbonyl (C=O) groups excluding carboxylic acids is 1. The van der Waals surface area contributed by atoms with Gasteiger partial charge in [-0.05, 0) is 31.5 Å². The second kappa shape index (κ2) is 4.15. The molecule has 1 aromatic carbocycles. The van der Waals surface area contributed by atoms with E-state index in [2.05, 4.69) is 42.9 Å². The van der Waals surface area contributed by atoms with Gasteiger partial charge < -0.3 is 4.90 Å². The third-order valence-corrected chi connectivity index (χ3v) is 5.12. The van der Waals surface area contributed by atoms with Gasteiger partial charge in [-0.3, -0.25) is 9.69 Å². The van der Waals surface area contributed by atoms with Crippen LogP contribution in [0.4, 0.5) is 5.69 Å². The predicted octanol–water partition coefficient (Wildman–Crippen LogP) is 2.17. The molecule has 0 N–H and O–H groups in total. The SMILES string of the molecule is O=C1N=CN2c3cccc(Br)c3CN3CCC[C@H]3C12. The average molecular weight is 320 g/mol. The van der Waals surface area contributed by atoms with Crippen LogP contribution >= 0.6 is 15.9 Å². The van der Waals surface area contributed by atoms with E-state index < -0.39 is 0 Å². The van der Waals surface area contributed by atoms with Crippen LogP contribution < -0.4 is 4.90 Å². The van der Waals surface area contributed by atoms with E-state index >= 15 is 0 Å². The summed E-state index contributed by atoms with van der Waals surface area (Å²) < 4.78 is 1.11. The molecule has 4 nitrogen and oxygen atoms in total. The first-order valence-corrected chi connectivity index (χ1v) is 7.43. The molecule has 0 bridgehead atoms. The van der Waals surface area contributed by atoms with Crippen molar-refractivity contribution in [3.05, 3.63) is 28.2 Å². The van der Waals surface area contributed by atoms with Gasteiger partial charge in [0, 0.05) is 28.3 Å². The molecular formula is C14H14BrN3O. The van der Waals surface area contributed by atoms with E-state index in [1.54, 1.807) is 6.34 Å². The van der Waals surface area contributed by atoms with E-state index in [1.807, 2.05) is 6.07 Å². The highest BCUT2D eigenvalue weighted by atomic mass is 79.9. The van der Waals surface area contributed by atoms with Gasteiger partial charge in [-0.1, -0.05) is 22.0 Å². The van der Waals surface area contributed by atoms with E-state index in [1.165, 1.54) is 12.0 Å². The molecule has 19 heavy (non-hydrogen) atoms. The van der Waals surface area contributed by atoms with Gasteiger partial charge in [0.05, 0.1) is 6.34 Å². The summed E-state index contributed by atoms with van der Waals surface area (Å²) in [6.07, 6.45) is 3.96. The Balaban J connectivity index is 1.90. The Morgan fingerprint density at radius 2 is 2.26 bits per heavy atom. The zero-order valence-electron chi connectivity index (χ0n) is 10.4.